The van der Waals surface area contributed by atoms with Gasteiger partial charge in [0.1, 0.15) is 0 Å². The summed E-state index contributed by atoms with van der Waals surface area (Å²) in [5.74, 6) is -0.929. The van der Waals surface area contributed by atoms with E-state index in [0.717, 1.165) is 16.4 Å². The molecule has 0 unspecified atom stereocenters. The average molecular weight is 234 g/mol. The van der Waals surface area contributed by atoms with E-state index in [1.54, 1.807) is 24.4 Å². The van der Waals surface area contributed by atoms with Crippen molar-refractivity contribution in [3.63, 3.8) is 0 Å². The lowest BCUT2D eigenvalue weighted by Gasteiger charge is -2.07. The van der Waals surface area contributed by atoms with Crippen molar-refractivity contribution in [3.8, 4) is 0 Å². The molecule has 16 heavy (non-hydrogen) atoms. The van der Waals surface area contributed by atoms with E-state index in [1.807, 2.05) is 12.3 Å². The predicted octanol–water partition coefficient (Wildman–Crippen LogP) is 2.89. The molecule has 1 aromatic carbocycles. The fraction of sp³-hybridized carbons (Fsp3) is 0.0909. The minimum absolute atomic E-state index is 0.268. The lowest BCUT2D eigenvalue weighted by atomic mass is 10.1. The van der Waals surface area contributed by atoms with Crippen LogP contribution in [0.3, 0.4) is 0 Å². The quantitative estimate of drug-likeness (QED) is 0.857. The molecule has 0 radical (unpaired) electrons. The van der Waals surface area contributed by atoms with Gasteiger partial charge in [-0.3, -0.25) is 0 Å². The third-order valence-electron chi connectivity index (χ3n) is 2.16. The summed E-state index contributed by atoms with van der Waals surface area (Å²) < 4.78 is 0. The van der Waals surface area contributed by atoms with Gasteiger partial charge in [-0.05, 0) is 24.6 Å². The molecule has 5 heteroatoms. The van der Waals surface area contributed by atoms with Crippen LogP contribution in [0.1, 0.15) is 15.9 Å². The number of anilines is 2. The average Bonchev–Trinajstić information content (AvgIpc) is 2.73. The molecule has 0 aliphatic carbocycles. The number of aryl methyl sites for hydroxylation is 1. The summed E-state index contributed by atoms with van der Waals surface area (Å²) in [7, 11) is 0. The number of hydrogen-bond acceptors (Lipinski definition) is 4. The molecule has 0 fully saturated rings. The lowest BCUT2D eigenvalue weighted by molar-refractivity contribution is 0.0697. The van der Waals surface area contributed by atoms with Crippen molar-refractivity contribution in [2.75, 3.05) is 5.32 Å². The SMILES string of the molecule is Cc1ccc(C(=O)O)cc1Nc1nccs1. The van der Waals surface area contributed by atoms with Gasteiger partial charge in [-0.1, -0.05) is 6.07 Å². The maximum atomic E-state index is 10.8. The van der Waals surface area contributed by atoms with E-state index in [1.165, 1.54) is 11.3 Å². The predicted molar refractivity (Wildman–Crippen MR) is 63.5 cm³/mol. The summed E-state index contributed by atoms with van der Waals surface area (Å²) in [5.41, 5.74) is 2.03. The summed E-state index contributed by atoms with van der Waals surface area (Å²) in [6, 6.07) is 4.98. The van der Waals surface area contributed by atoms with E-state index in [0.29, 0.717) is 0 Å². The molecule has 82 valence electrons. The van der Waals surface area contributed by atoms with Gasteiger partial charge in [0.2, 0.25) is 0 Å². The summed E-state index contributed by atoms with van der Waals surface area (Å²) in [6.45, 7) is 1.92. The van der Waals surface area contributed by atoms with Crippen LogP contribution in [0.5, 0.6) is 0 Å². The Morgan fingerprint density at radius 2 is 2.31 bits per heavy atom. The molecule has 1 heterocycles. The minimum Gasteiger partial charge on any atom is -0.478 e. The first-order valence-electron chi connectivity index (χ1n) is 4.67. The van der Waals surface area contributed by atoms with Crippen molar-refractivity contribution in [2.45, 2.75) is 6.92 Å². The van der Waals surface area contributed by atoms with Crippen LogP contribution >= 0.6 is 11.3 Å². The number of aromatic nitrogens is 1. The highest BCUT2D eigenvalue weighted by molar-refractivity contribution is 7.13. The summed E-state index contributed by atoms with van der Waals surface area (Å²) >= 11 is 1.47. The van der Waals surface area contributed by atoms with E-state index in [2.05, 4.69) is 10.3 Å². The normalized spacial score (nSPS) is 10.1. The van der Waals surface area contributed by atoms with E-state index >= 15 is 0 Å². The Balaban J connectivity index is 2.32. The van der Waals surface area contributed by atoms with Gasteiger partial charge < -0.3 is 10.4 Å². The second-order valence-electron chi connectivity index (χ2n) is 3.30. The number of rotatable bonds is 3. The monoisotopic (exact) mass is 234 g/mol. The smallest absolute Gasteiger partial charge is 0.335 e. The number of carbonyl (C=O) groups is 1. The molecule has 4 nitrogen and oxygen atoms in total. The second kappa shape index (κ2) is 4.32. The van der Waals surface area contributed by atoms with Crippen LogP contribution in [0.25, 0.3) is 0 Å². The molecule has 2 N–H and O–H groups in total. The molecule has 0 aliphatic heterocycles. The number of aromatic carboxylic acids is 1. The van der Waals surface area contributed by atoms with Crippen LogP contribution in [-0.2, 0) is 0 Å². The van der Waals surface area contributed by atoms with Gasteiger partial charge >= 0.3 is 5.97 Å². The van der Waals surface area contributed by atoms with Crippen molar-refractivity contribution < 1.29 is 9.90 Å². The third kappa shape index (κ3) is 2.20. The molecular weight excluding hydrogens is 224 g/mol. The highest BCUT2D eigenvalue weighted by atomic mass is 32.1. The molecule has 2 rings (SSSR count). The first kappa shape index (κ1) is 10.6. The second-order valence-corrected chi connectivity index (χ2v) is 4.19. The van der Waals surface area contributed by atoms with Crippen LogP contribution < -0.4 is 5.32 Å². The van der Waals surface area contributed by atoms with Crippen molar-refractivity contribution in [3.05, 3.63) is 40.9 Å². The number of carboxylic acids is 1. The van der Waals surface area contributed by atoms with Crippen LogP contribution in [0.2, 0.25) is 0 Å². The van der Waals surface area contributed by atoms with Gasteiger partial charge in [0.15, 0.2) is 5.13 Å². The van der Waals surface area contributed by atoms with Crippen LogP contribution in [0.4, 0.5) is 10.8 Å². The largest absolute Gasteiger partial charge is 0.478 e. The molecule has 0 saturated carbocycles. The standard InChI is InChI=1S/C11H10N2O2S/c1-7-2-3-8(10(14)15)6-9(7)13-11-12-4-5-16-11/h2-6H,1H3,(H,12,13)(H,14,15). The zero-order chi connectivity index (χ0) is 11.5. The maximum absolute atomic E-state index is 10.8. The summed E-state index contributed by atoms with van der Waals surface area (Å²) in [4.78, 5) is 14.9. The van der Waals surface area contributed by atoms with Crippen LogP contribution in [-0.4, -0.2) is 16.1 Å². The Morgan fingerprint density at radius 1 is 1.50 bits per heavy atom. The molecule has 0 bridgehead atoms. The Morgan fingerprint density at radius 3 is 2.94 bits per heavy atom. The molecule has 0 aliphatic rings. The Labute approximate surface area is 96.6 Å². The zero-order valence-corrected chi connectivity index (χ0v) is 9.41. The Bertz CT molecular complexity index is 509. The Kier molecular flexibility index (Phi) is 2.87. The molecule has 2 aromatic rings. The minimum atomic E-state index is -0.929. The number of hydrogen-bond donors (Lipinski definition) is 2. The van der Waals surface area contributed by atoms with Crippen molar-refractivity contribution >= 4 is 28.1 Å². The topological polar surface area (TPSA) is 62.2 Å². The fourth-order valence-electron chi connectivity index (χ4n) is 1.29. The number of benzene rings is 1. The van der Waals surface area contributed by atoms with Crippen LogP contribution in [0, 0.1) is 6.92 Å². The van der Waals surface area contributed by atoms with E-state index < -0.39 is 5.97 Å². The first-order chi connectivity index (χ1) is 7.66. The molecular formula is C11H10N2O2S. The van der Waals surface area contributed by atoms with Crippen molar-refractivity contribution in [1.29, 1.82) is 0 Å². The zero-order valence-electron chi connectivity index (χ0n) is 8.60. The number of nitrogens with one attached hydrogen (secondary N) is 1. The highest BCUT2D eigenvalue weighted by Crippen LogP contribution is 2.23. The van der Waals surface area contributed by atoms with E-state index in [4.69, 9.17) is 5.11 Å². The van der Waals surface area contributed by atoms with Crippen molar-refractivity contribution in [1.82, 2.24) is 4.98 Å². The van der Waals surface area contributed by atoms with E-state index in [-0.39, 0.29) is 5.56 Å². The Hall–Kier alpha value is -1.88. The maximum Gasteiger partial charge on any atom is 0.335 e. The van der Waals surface area contributed by atoms with Crippen LogP contribution in [0.15, 0.2) is 29.8 Å². The van der Waals surface area contributed by atoms with Gasteiger partial charge in [-0.2, -0.15) is 0 Å². The third-order valence-corrected chi connectivity index (χ3v) is 2.85. The molecule has 0 spiro atoms. The molecule has 1 aromatic heterocycles. The van der Waals surface area contributed by atoms with Gasteiger partial charge in [-0.25, -0.2) is 9.78 Å². The number of nitrogens with zero attached hydrogens (tertiary/aromatic N) is 1. The number of carboxylic acid groups (broad SMARTS) is 1. The van der Waals surface area contributed by atoms with E-state index in [9.17, 15) is 4.79 Å². The fourth-order valence-corrected chi connectivity index (χ4v) is 1.83. The number of thiazole rings is 1. The lowest BCUT2D eigenvalue weighted by Crippen LogP contribution is -1.99. The molecule has 0 saturated heterocycles. The molecule has 0 amide bonds. The van der Waals surface area contributed by atoms with Gasteiger partial charge in [-0.15, -0.1) is 11.3 Å². The van der Waals surface area contributed by atoms with Gasteiger partial charge in [0.05, 0.1) is 5.56 Å². The first-order valence-corrected chi connectivity index (χ1v) is 5.55. The van der Waals surface area contributed by atoms with Gasteiger partial charge in [0.25, 0.3) is 0 Å². The van der Waals surface area contributed by atoms with Gasteiger partial charge in [0, 0.05) is 17.3 Å². The highest BCUT2D eigenvalue weighted by Gasteiger charge is 2.06. The summed E-state index contributed by atoms with van der Waals surface area (Å²) in [6.07, 6.45) is 1.70. The molecule has 0 atom stereocenters. The summed E-state index contributed by atoms with van der Waals surface area (Å²) in [5, 5.41) is 14.6. The van der Waals surface area contributed by atoms with Crippen molar-refractivity contribution in [2.24, 2.45) is 0 Å².